The predicted molar refractivity (Wildman–Crippen MR) is 144 cm³/mol. The van der Waals surface area contributed by atoms with Gasteiger partial charge in [-0.25, -0.2) is 10.3 Å². The van der Waals surface area contributed by atoms with Crippen LogP contribution in [0.5, 0.6) is 5.75 Å². The number of hydroxylamine groups is 1. The number of piperidine rings is 1. The van der Waals surface area contributed by atoms with E-state index in [4.69, 9.17) is 9.15 Å². The van der Waals surface area contributed by atoms with Gasteiger partial charge in [0, 0.05) is 23.4 Å². The van der Waals surface area contributed by atoms with Gasteiger partial charge in [-0.2, -0.15) is 0 Å². The molecule has 0 spiro atoms. The summed E-state index contributed by atoms with van der Waals surface area (Å²) < 4.78 is 11.4. The third kappa shape index (κ3) is 7.91. The molecule has 1 atom stereocenters. The Labute approximate surface area is 218 Å². The highest BCUT2D eigenvalue weighted by molar-refractivity contribution is 5.79. The van der Waals surface area contributed by atoms with Gasteiger partial charge in [-0.15, -0.1) is 0 Å². The van der Waals surface area contributed by atoms with Crippen LogP contribution in [-0.4, -0.2) is 42.3 Å². The van der Waals surface area contributed by atoms with Crippen LogP contribution < -0.4 is 15.8 Å². The molecule has 1 amide bonds. The number of nitrogens with zero attached hydrogens (tertiary/aromatic N) is 1. The molecule has 1 aliphatic heterocycles. The van der Waals surface area contributed by atoms with Crippen LogP contribution in [0.15, 0.2) is 57.7 Å². The van der Waals surface area contributed by atoms with E-state index in [0.717, 1.165) is 48.1 Å². The van der Waals surface area contributed by atoms with Crippen molar-refractivity contribution < 1.29 is 19.2 Å². The summed E-state index contributed by atoms with van der Waals surface area (Å²) in [6.45, 7) is 6.17. The van der Waals surface area contributed by atoms with Gasteiger partial charge in [-0.1, -0.05) is 30.2 Å². The molecule has 0 aliphatic carbocycles. The average Bonchev–Trinajstić information content (AvgIpc) is 2.91. The molecule has 0 bridgehead atoms. The van der Waals surface area contributed by atoms with E-state index in [1.807, 2.05) is 31.2 Å². The summed E-state index contributed by atoms with van der Waals surface area (Å²) in [5, 5.41) is 10.1. The number of likely N-dealkylation sites (tertiary alicyclic amines) is 1. The van der Waals surface area contributed by atoms with E-state index >= 15 is 0 Å². The molecular formula is C30H38N2O5. The molecule has 1 fully saturated rings. The molecule has 2 aromatic carbocycles. The average molecular weight is 507 g/mol. The Balaban J connectivity index is 1.29. The number of rotatable bonds is 12. The first-order chi connectivity index (χ1) is 18.0. The Bertz CT molecular complexity index is 1230. The van der Waals surface area contributed by atoms with Crippen molar-refractivity contribution in [3.8, 4) is 5.75 Å². The zero-order valence-electron chi connectivity index (χ0n) is 21.7. The second-order valence-corrected chi connectivity index (χ2v) is 10.1. The van der Waals surface area contributed by atoms with Crippen LogP contribution in [0, 0.1) is 12.8 Å². The molecular weight excluding hydrogens is 468 g/mol. The highest BCUT2D eigenvalue weighted by atomic mass is 16.5. The van der Waals surface area contributed by atoms with Crippen molar-refractivity contribution in [2.45, 2.75) is 58.3 Å². The lowest BCUT2D eigenvalue weighted by Gasteiger charge is -2.26. The zero-order chi connectivity index (χ0) is 26.0. The van der Waals surface area contributed by atoms with E-state index in [-0.39, 0.29) is 6.42 Å². The fraction of sp³-hybridized carbons (Fsp3) is 0.467. The normalized spacial score (nSPS) is 15.0. The van der Waals surface area contributed by atoms with Gasteiger partial charge in [0.2, 0.25) is 5.91 Å². The van der Waals surface area contributed by atoms with E-state index in [0.29, 0.717) is 24.2 Å². The van der Waals surface area contributed by atoms with Crippen molar-refractivity contribution in [2.24, 2.45) is 5.92 Å². The summed E-state index contributed by atoms with van der Waals surface area (Å²) in [7, 11) is 0. The quantitative estimate of drug-likeness (QED) is 0.155. The van der Waals surface area contributed by atoms with Crippen LogP contribution >= 0.6 is 0 Å². The summed E-state index contributed by atoms with van der Waals surface area (Å²) in [4.78, 5) is 27.4. The van der Waals surface area contributed by atoms with Gasteiger partial charge in [-0.05, 0) is 101 Å². The maximum Gasteiger partial charge on any atom is 0.339 e. The van der Waals surface area contributed by atoms with Crippen LogP contribution in [0.25, 0.3) is 11.0 Å². The third-order valence-corrected chi connectivity index (χ3v) is 7.16. The Morgan fingerprint density at radius 3 is 2.76 bits per heavy atom. The number of amides is 1. The minimum Gasteiger partial charge on any atom is -0.494 e. The van der Waals surface area contributed by atoms with Crippen molar-refractivity contribution in [1.29, 1.82) is 0 Å². The van der Waals surface area contributed by atoms with Crippen LogP contribution in [0.2, 0.25) is 0 Å². The van der Waals surface area contributed by atoms with Crippen LogP contribution in [0.4, 0.5) is 0 Å². The molecule has 3 aromatic rings. The number of fused-ring (bicyclic) bond motifs is 1. The maximum absolute atomic E-state index is 12.5. The molecule has 1 saturated heterocycles. The van der Waals surface area contributed by atoms with Gasteiger partial charge in [-0.3, -0.25) is 10.0 Å². The van der Waals surface area contributed by atoms with Crippen molar-refractivity contribution in [1.82, 2.24) is 10.4 Å². The fourth-order valence-corrected chi connectivity index (χ4v) is 5.12. The number of carbonyl (C=O) groups excluding carboxylic acids is 1. The minimum atomic E-state index is -0.538. The van der Waals surface area contributed by atoms with Gasteiger partial charge in [0.1, 0.15) is 11.3 Å². The topological polar surface area (TPSA) is 92.0 Å². The summed E-state index contributed by atoms with van der Waals surface area (Å²) in [6.07, 6.45) is 7.21. The Hall–Kier alpha value is -3.16. The molecule has 1 unspecified atom stereocenters. The standard InChI is InChI=1S/C30H38N2O5/c1-22-12-13-28-25(18-22)21-26(30(34)37-28)20-24(29(33)31-35)10-5-8-23-9-6-11-27(19-23)36-17-7-16-32-14-3-2-4-15-32/h6,9,11-13,18-19,21,24,35H,2-5,7-8,10,14-17,20H2,1H3,(H,31,33). The first-order valence-electron chi connectivity index (χ1n) is 13.4. The second-order valence-electron chi connectivity index (χ2n) is 10.1. The fourth-order valence-electron chi connectivity index (χ4n) is 5.12. The molecule has 1 aliphatic rings. The molecule has 7 nitrogen and oxygen atoms in total. The van der Waals surface area contributed by atoms with Crippen molar-refractivity contribution in [3.05, 3.63) is 75.6 Å². The zero-order valence-corrected chi connectivity index (χ0v) is 21.7. The van der Waals surface area contributed by atoms with Crippen LogP contribution in [0.1, 0.15) is 55.2 Å². The van der Waals surface area contributed by atoms with Crippen LogP contribution in [-0.2, 0) is 17.6 Å². The van der Waals surface area contributed by atoms with Gasteiger partial charge < -0.3 is 14.1 Å². The first-order valence-corrected chi connectivity index (χ1v) is 13.4. The van der Waals surface area contributed by atoms with Crippen LogP contribution in [0.3, 0.4) is 0 Å². The van der Waals surface area contributed by atoms with Gasteiger partial charge in [0.15, 0.2) is 0 Å². The number of hydrogen-bond acceptors (Lipinski definition) is 6. The highest BCUT2D eigenvalue weighted by Crippen LogP contribution is 2.21. The summed E-state index contributed by atoms with van der Waals surface area (Å²) in [5.74, 6) is -0.163. The lowest BCUT2D eigenvalue weighted by molar-refractivity contribution is -0.133. The molecule has 2 N–H and O–H groups in total. The van der Waals surface area contributed by atoms with Crippen molar-refractivity contribution in [3.63, 3.8) is 0 Å². The first kappa shape index (κ1) is 26.9. The van der Waals surface area contributed by atoms with E-state index in [1.54, 1.807) is 17.6 Å². The SMILES string of the molecule is Cc1ccc2oc(=O)c(CC(CCCc3cccc(OCCCN4CCCCC4)c3)C(=O)NO)cc2c1. The van der Waals surface area contributed by atoms with Gasteiger partial charge in [0.25, 0.3) is 0 Å². The summed E-state index contributed by atoms with van der Waals surface area (Å²) in [6, 6.07) is 15.5. The Kier molecular flexibility index (Phi) is 9.74. The molecule has 0 saturated carbocycles. The van der Waals surface area contributed by atoms with Gasteiger partial charge in [0.05, 0.1) is 6.61 Å². The van der Waals surface area contributed by atoms with Crippen molar-refractivity contribution >= 4 is 16.9 Å². The largest absolute Gasteiger partial charge is 0.494 e. The molecule has 37 heavy (non-hydrogen) atoms. The van der Waals surface area contributed by atoms with E-state index < -0.39 is 17.5 Å². The summed E-state index contributed by atoms with van der Waals surface area (Å²) >= 11 is 0. The maximum atomic E-state index is 12.5. The second kappa shape index (κ2) is 13.4. The Morgan fingerprint density at radius 1 is 1.11 bits per heavy atom. The molecule has 2 heterocycles. The van der Waals surface area contributed by atoms with E-state index in [2.05, 4.69) is 17.0 Å². The van der Waals surface area contributed by atoms with Crippen molar-refractivity contribution in [2.75, 3.05) is 26.2 Å². The predicted octanol–water partition coefficient (Wildman–Crippen LogP) is 5.04. The lowest BCUT2D eigenvalue weighted by atomic mass is 9.92. The highest BCUT2D eigenvalue weighted by Gasteiger charge is 2.21. The number of hydrogen-bond donors (Lipinski definition) is 2. The molecule has 7 heteroatoms. The minimum absolute atomic E-state index is 0.207. The lowest BCUT2D eigenvalue weighted by Crippen LogP contribution is -2.31. The molecule has 0 radical (unpaired) electrons. The smallest absolute Gasteiger partial charge is 0.339 e. The molecule has 4 rings (SSSR count). The monoisotopic (exact) mass is 506 g/mol. The number of nitrogens with one attached hydrogen (secondary N) is 1. The number of benzene rings is 2. The summed E-state index contributed by atoms with van der Waals surface area (Å²) in [5.41, 5.74) is 4.48. The molecule has 1 aromatic heterocycles. The third-order valence-electron chi connectivity index (χ3n) is 7.16. The Morgan fingerprint density at radius 2 is 1.95 bits per heavy atom. The van der Waals surface area contributed by atoms with Gasteiger partial charge >= 0.3 is 5.63 Å². The number of ether oxygens (including phenoxy) is 1. The van der Waals surface area contributed by atoms with E-state index in [9.17, 15) is 14.8 Å². The molecule has 198 valence electrons. The van der Waals surface area contributed by atoms with E-state index in [1.165, 1.54) is 32.4 Å². The number of aryl methyl sites for hydroxylation is 2. The number of carbonyl (C=O) groups is 1.